The zero-order valence-electron chi connectivity index (χ0n) is 14.5. The maximum Gasteiger partial charge on any atom is 0.382 e. The van der Waals surface area contributed by atoms with Crippen molar-refractivity contribution in [2.45, 2.75) is 19.8 Å². The summed E-state index contributed by atoms with van der Waals surface area (Å²) in [6.07, 6.45) is 0. The van der Waals surface area contributed by atoms with Crippen molar-refractivity contribution in [2.75, 3.05) is 6.61 Å². The van der Waals surface area contributed by atoms with E-state index >= 15 is 0 Å². The number of carbonyl (C=O) groups excluding carboxylic acids is 1. The van der Waals surface area contributed by atoms with Gasteiger partial charge in [-0.1, -0.05) is 35.4 Å². The minimum atomic E-state index is -4.18. The molecular weight excluding hydrogens is 378 g/mol. The molecule has 0 atom stereocenters. The normalized spacial score (nSPS) is 11.6. The molecule has 7 heteroatoms. The number of halogens is 3. The number of hydrogen-bond donors (Lipinski definition) is 0. The molecule has 3 aromatic rings. The van der Waals surface area contributed by atoms with Crippen LogP contribution in [-0.4, -0.2) is 12.6 Å². The van der Waals surface area contributed by atoms with Gasteiger partial charge in [0, 0.05) is 16.0 Å². The van der Waals surface area contributed by atoms with Crippen LogP contribution in [0.2, 0.25) is 5.02 Å². The van der Waals surface area contributed by atoms with Crippen LogP contribution < -0.4 is 5.63 Å². The van der Waals surface area contributed by atoms with Crippen LogP contribution in [0.25, 0.3) is 22.1 Å². The van der Waals surface area contributed by atoms with Gasteiger partial charge in [-0.2, -0.15) is 8.78 Å². The summed E-state index contributed by atoms with van der Waals surface area (Å²) < 4.78 is 39.3. The van der Waals surface area contributed by atoms with Gasteiger partial charge in [0.25, 0.3) is 0 Å². The van der Waals surface area contributed by atoms with E-state index in [1.165, 1.54) is 37.3 Å². The van der Waals surface area contributed by atoms with Crippen LogP contribution in [0.15, 0.2) is 51.7 Å². The lowest BCUT2D eigenvalue weighted by Crippen LogP contribution is -2.34. The summed E-state index contributed by atoms with van der Waals surface area (Å²) in [5.41, 5.74) is -1.21. The third kappa shape index (κ3) is 3.45. The minimum absolute atomic E-state index is 0.0836. The molecular formula is C20H15ClF2O4. The summed E-state index contributed by atoms with van der Waals surface area (Å²) in [4.78, 5) is 24.3. The lowest BCUT2D eigenvalue weighted by Gasteiger charge is -2.19. The Morgan fingerprint density at radius 2 is 1.85 bits per heavy atom. The van der Waals surface area contributed by atoms with Gasteiger partial charge < -0.3 is 9.15 Å². The third-order valence-electron chi connectivity index (χ3n) is 4.04. The molecule has 4 nitrogen and oxygen atoms in total. The molecule has 0 bridgehead atoms. The van der Waals surface area contributed by atoms with Gasteiger partial charge in [0.2, 0.25) is 0 Å². The van der Waals surface area contributed by atoms with E-state index in [9.17, 15) is 18.4 Å². The molecule has 0 radical (unpaired) electrons. The minimum Gasteiger partial charge on any atom is -0.461 e. The second kappa shape index (κ2) is 7.12. The molecule has 0 amide bonds. The first-order valence-corrected chi connectivity index (χ1v) is 8.52. The van der Waals surface area contributed by atoms with Crippen LogP contribution >= 0.6 is 11.6 Å². The van der Waals surface area contributed by atoms with Crippen molar-refractivity contribution in [3.05, 3.63) is 69.0 Å². The third-order valence-corrected chi connectivity index (χ3v) is 4.29. The zero-order chi connectivity index (χ0) is 19.8. The topological polar surface area (TPSA) is 56.5 Å². The predicted octanol–water partition coefficient (Wildman–Crippen LogP) is 5.08. The first-order valence-electron chi connectivity index (χ1n) is 8.14. The van der Waals surface area contributed by atoms with Crippen molar-refractivity contribution in [3.8, 4) is 11.1 Å². The number of benzene rings is 2. The van der Waals surface area contributed by atoms with E-state index in [0.29, 0.717) is 10.6 Å². The number of alkyl halides is 2. The average Bonchev–Trinajstić information content (AvgIpc) is 2.62. The Hall–Kier alpha value is -2.73. The molecule has 0 N–H and O–H groups in total. The predicted molar refractivity (Wildman–Crippen MR) is 98.2 cm³/mol. The fourth-order valence-corrected chi connectivity index (χ4v) is 2.97. The molecule has 0 aliphatic carbocycles. The van der Waals surface area contributed by atoms with Crippen LogP contribution in [0.1, 0.15) is 18.1 Å². The molecule has 0 aliphatic heterocycles. The number of hydrogen-bond acceptors (Lipinski definition) is 4. The van der Waals surface area contributed by atoms with E-state index in [2.05, 4.69) is 4.74 Å². The van der Waals surface area contributed by atoms with Crippen molar-refractivity contribution in [3.63, 3.8) is 0 Å². The van der Waals surface area contributed by atoms with Gasteiger partial charge in [-0.3, -0.25) is 0 Å². The largest absolute Gasteiger partial charge is 0.461 e. The Labute approximate surface area is 158 Å². The van der Waals surface area contributed by atoms with Crippen LogP contribution in [0.3, 0.4) is 0 Å². The van der Waals surface area contributed by atoms with Crippen molar-refractivity contribution >= 4 is 28.5 Å². The molecule has 2 aromatic carbocycles. The molecule has 140 valence electrons. The summed E-state index contributed by atoms with van der Waals surface area (Å²) in [5.74, 6) is -5.98. The highest BCUT2D eigenvalue weighted by molar-refractivity contribution is 6.30. The quantitative estimate of drug-likeness (QED) is 0.459. The smallest absolute Gasteiger partial charge is 0.382 e. The highest BCUT2D eigenvalue weighted by Crippen LogP contribution is 2.39. The Balaban J connectivity index is 2.44. The van der Waals surface area contributed by atoms with Crippen molar-refractivity contribution in [1.82, 2.24) is 0 Å². The van der Waals surface area contributed by atoms with Crippen molar-refractivity contribution < 1.29 is 22.7 Å². The number of aryl methyl sites for hydroxylation is 1. The Morgan fingerprint density at radius 3 is 2.48 bits per heavy atom. The second-order valence-corrected chi connectivity index (χ2v) is 6.38. The lowest BCUT2D eigenvalue weighted by molar-refractivity contribution is -0.173. The van der Waals surface area contributed by atoms with Gasteiger partial charge >= 0.3 is 17.5 Å². The first kappa shape index (κ1) is 19.0. The summed E-state index contributed by atoms with van der Waals surface area (Å²) in [6.45, 7) is 2.93. The summed E-state index contributed by atoms with van der Waals surface area (Å²) in [5, 5.41) is 0.691. The molecule has 0 spiro atoms. The van der Waals surface area contributed by atoms with E-state index in [1.54, 1.807) is 19.1 Å². The van der Waals surface area contributed by atoms with E-state index in [-0.39, 0.29) is 23.1 Å². The summed E-state index contributed by atoms with van der Waals surface area (Å²) in [7, 11) is 0. The molecule has 1 aromatic heterocycles. The van der Waals surface area contributed by atoms with E-state index in [1.807, 2.05) is 0 Å². The Kier molecular flexibility index (Phi) is 5.02. The molecule has 0 saturated carbocycles. The molecule has 1 heterocycles. The molecule has 0 unspecified atom stereocenters. The van der Waals surface area contributed by atoms with Gasteiger partial charge in [-0.05, 0) is 43.7 Å². The Morgan fingerprint density at radius 1 is 1.19 bits per heavy atom. The Bertz CT molecular complexity index is 1070. The maximum absolute atomic E-state index is 14.9. The van der Waals surface area contributed by atoms with Gasteiger partial charge in [0.1, 0.15) is 11.1 Å². The lowest BCUT2D eigenvalue weighted by atomic mass is 9.93. The fourth-order valence-electron chi connectivity index (χ4n) is 2.84. The molecule has 0 saturated heterocycles. The van der Waals surface area contributed by atoms with Crippen LogP contribution in [-0.2, 0) is 15.5 Å². The van der Waals surface area contributed by atoms with Gasteiger partial charge in [0.05, 0.1) is 6.61 Å². The number of carbonyl (C=O) groups is 1. The monoisotopic (exact) mass is 392 g/mol. The van der Waals surface area contributed by atoms with Crippen molar-refractivity contribution in [1.29, 1.82) is 0 Å². The fraction of sp³-hybridized carbons (Fsp3) is 0.200. The van der Waals surface area contributed by atoms with E-state index in [4.69, 9.17) is 16.0 Å². The maximum atomic E-state index is 14.9. The first-order chi connectivity index (χ1) is 12.8. The van der Waals surface area contributed by atoms with Crippen LogP contribution in [0.5, 0.6) is 0 Å². The van der Waals surface area contributed by atoms with E-state index < -0.39 is 23.1 Å². The highest BCUT2D eigenvalue weighted by atomic mass is 35.5. The van der Waals surface area contributed by atoms with Gasteiger partial charge in [-0.15, -0.1) is 0 Å². The van der Waals surface area contributed by atoms with Crippen LogP contribution in [0, 0.1) is 6.92 Å². The number of ether oxygens (including phenoxy) is 1. The second-order valence-electron chi connectivity index (χ2n) is 5.94. The van der Waals surface area contributed by atoms with Gasteiger partial charge in [0.15, 0.2) is 0 Å². The molecule has 0 fully saturated rings. The number of fused-ring (bicyclic) bond motifs is 1. The average molecular weight is 393 g/mol. The summed E-state index contributed by atoms with van der Waals surface area (Å²) in [6, 6.07) is 10.9. The van der Waals surface area contributed by atoms with E-state index in [0.717, 1.165) is 5.56 Å². The van der Waals surface area contributed by atoms with Crippen LogP contribution in [0.4, 0.5) is 8.78 Å². The summed E-state index contributed by atoms with van der Waals surface area (Å²) >= 11 is 5.89. The zero-order valence-corrected chi connectivity index (χ0v) is 15.3. The molecule has 0 aliphatic rings. The number of esters is 1. The van der Waals surface area contributed by atoms with Gasteiger partial charge in [-0.25, -0.2) is 9.59 Å². The number of rotatable bonds is 4. The van der Waals surface area contributed by atoms with Crippen molar-refractivity contribution in [2.24, 2.45) is 0 Å². The standard InChI is InChI=1S/C20H15ClF2O4/c1-3-26-19(25)20(22,23)17-16(12-5-7-13(21)8-6-12)14-10-11(2)4-9-15(14)27-18(17)24/h4-10H,3H2,1-2H3. The highest BCUT2D eigenvalue weighted by Gasteiger charge is 2.48. The molecule has 27 heavy (non-hydrogen) atoms. The SMILES string of the molecule is CCOC(=O)C(F)(F)c1c(-c2ccc(Cl)cc2)c2cc(C)ccc2oc1=O. The molecule has 3 rings (SSSR count).